The number of hydrogen-bond acceptors (Lipinski definition) is 4. The first-order valence-corrected chi connectivity index (χ1v) is 9.26. The number of nitrogens with zero attached hydrogens (tertiary/aromatic N) is 2. The maximum Gasteiger partial charge on any atom is 0.287 e. The number of rotatable bonds is 5. The molecule has 0 fully saturated rings. The van der Waals surface area contributed by atoms with Gasteiger partial charge >= 0.3 is 0 Å². The van der Waals surface area contributed by atoms with Gasteiger partial charge in [0.1, 0.15) is 5.82 Å². The van der Waals surface area contributed by atoms with Crippen LogP contribution in [-0.4, -0.2) is 21.2 Å². The lowest BCUT2D eigenvalue weighted by Crippen LogP contribution is -2.22. The fourth-order valence-electron chi connectivity index (χ4n) is 2.51. The number of carbonyl (C=O) groups excluding carboxylic acids is 1. The van der Waals surface area contributed by atoms with Crippen LogP contribution in [0, 0.1) is 19.7 Å². The third-order valence-electron chi connectivity index (χ3n) is 3.90. The number of thioether (sulfide) groups is 1. The number of anilines is 1. The Hall–Kier alpha value is -2.93. The molecule has 1 heterocycles. The maximum atomic E-state index is 13.4. The molecule has 27 heavy (non-hydrogen) atoms. The summed E-state index contributed by atoms with van der Waals surface area (Å²) in [6, 6.07) is 11.5. The van der Waals surface area contributed by atoms with E-state index < -0.39 is 11.4 Å². The van der Waals surface area contributed by atoms with Crippen LogP contribution in [0.15, 0.2) is 64.7 Å². The van der Waals surface area contributed by atoms with Crippen LogP contribution < -0.4 is 10.9 Å². The molecule has 0 aliphatic carbocycles. The van der Waals surface area contributed by atoms with Gasteiger partial charge in [0, 0.05) is 18.1 Å². The maximum absolute atomic E-state index is 13.4. The van der Waals surface area contributed by atoms with Crippen molar-refractivity contribution in [2.75, 3.05) is 11.1 Å². The molecule has 3 aromatic rings. The predicted molar refractivity (Wildman–Crippen MR) is 105 cm³/mol. The van der Waals surface area contributed by atoms with E-state index in [-0.39, 0.29) is 16.7 Å². The number of nitrogens with one attached hydrogen (secondary N) is 1. The Labute approximate surface area is 160 Å². The quantitative estimate of drug-likeness (QED) is 0.682. The average Bonchev–Trinajstić information content (AvgIpc) is 2.64. The van der Waals surface area contributed by atoms with E-state index in [4.69, 9.17) is 0 Å². The van der Waals surface area contributed by atoms with Crippen LogP contribution in [-0.2, 0) is 4.79 Å². The molecule has 0 spiro atoms. The molecule has 0 radical (unpaired) electrons. The molecule has 0 saturated heterocycles. The normalized spacial score (nSPS) is 10.6. The van der Waals surface area contributed by atoms with Gasteiger partial charge in [-0.15, -0.1) is 0 Å². The predicted octanol–water partition coefficient (Wildman–Crippen LogP) is 3.72. The minimum Gasteiger partial charge on any atom is -0.325 e. The first-order valence-electron chi connectivity index (χ1n) is 8.27. The van der Waals surface area contributed by atoms with Gasteiger partial charge in [0.15, 0.2) is 5.03 Å². The van der Waals surface area contributed by atoms with Gasteiger partial charge in [-0.05, 0) is 49.2 Å². The van der Waals surface area contributed by atoms with E-state index in [1.165, 1.54) is 35.2 Å². The third kappa shape index (κ3) is 4.62. The highest BCUT2D eigenvalue weighted by molar-refractivity contribution is 7.99. The fourth-order valence-corrected chi connectivity index (χ4v) is 3.21. The minimum absolute atomic E-state index is 0.0444. The van der Waals surface area contributed by atoms with Crippen LogP contribution in [0.1, 0.15) is 11.1 Å². The van der Waals surface area contributed by atoms with E-state index in [0.717, 1.165) is 28.6 Å². The standard InChI is InChI=1S/C20H18FN3O2S/c1-13-6-7-14(2)17(10-13)23-18(25)12-27-19-20(26)24(9-8-22-19)16-5-3-4-15(21)11-16/h3-11H,12H2,1-2H3,(H,23,25). The molecule has 0 saturated carbocycles. The third-order valence-corrected chi connectivity index (χ3v) is 4.86. The molecular formula is C20H18FN3O2S. The summed E-state index contributed by atoms with van der Waals surface area (Å²) in [5.41, 5.74) is 2.77. The van der Waals surface area contributed by atoms with Gasteiger partial charge in [-0.1, -0.05) is 30.0 Å². The SMILES string of the molecule is Cc1ccc(C)c(NC(=O)CSc2nccn(-c3cccc(F)c3)c2=O)c1. The second kappa shape index (κ2) is 8.18. The summed E-state index contributed by atoms with van der Waals surface area (Å²) in [7, 11) is 0. The zero-order valence-corrected chi connectivity index (χ0v) is 15.7. The van der Waals surface area contributed by atoms with E-state index in [9.17, 15) is 14.0 Å². The highest BCUT2D eigenvalue weighted by Crippen LogP contribution is 2.18. The molecule has 7 heteroatoms. The van der Waals surface area contributed by atoms with Crippen molar-refractivity contribution >= 4 is 23.4 Å². The van der Waals surface area contributed by atoms with Crippen LogP contribution in [0.2, 0.25) is 0 Å². The Balaban J connectivity index is 1.73. The topological polar surface area (TPSA) is 64.0 Å². The van der Waals surface area contributed by atoms with E-state index >= 15 is 0 Å². The smallest absolute Gasteiger partial charge is 0.287 e. The minimum atomic E-state index is -0.432. The molecule has 1 N–H and O–H groups in total. The summed E-state index contributed by atoms with van der Waals surface area (Å²) in [5.74, 6) is -0.614. The van der Waals surface area contributed by atoms with Crippen molar-refractivity contribution in [3.05, 3.63) is 82.2 Å². The van der Waals surface area contributed by atoms with Crippen molar-refractivity contribution in [1.82, 2.24) is 9.55 Å². The molecule has 0 aliphatic rings. The number of aromatic nitrogens is 2. The summed E-state index contributed by atoms with van der Waals surface area (Å²) in [5, 5.41) is 3.03. The molecule has 0 atom stereocenters. The average molecular weight is 383 g/mol. The number of hydrogen-bond donors (Lipinski definition) is 1. The second-order valence-corrected chi connectivity index (χ2v) is 7.01. The van der Waals surface area contributed by atoms with Gasteiger partial charge in [0.2, 0.25) is 5.91 Å². The monoisotopic (exact) mass is 383 g/mol. The molecule has 138 valence electrons. The molecule has 0 bridgehead atoms. The summed E-state index contributed by atoms with van der Waals surface area (Å²) >= 11 is 1.05. The highest BCUT2D eigenvalue weighted by Gasteiger charge is 2.11. The number of aryl methyl sites for hydroxylation is 2. The number of benzene rings is 2. The van der Waals surface area contributed by atoms with E-state index in [1.807, 2.05) is 32.0 Å². The Morgan fingerprint density at radius 1 is 1.22 bits per heavy atom. The van der Waals surface area contributed by atoms with Crippen molar-refractivity contribution in [1.29, 1.82) is 0 Å². The van der Waals surface area contributed by atoms with Crippen LogP contribution >= 0.6 is 11.8 Å². The lowest BCUT2D eigenvalue weighted by Gasteiger charge is -2.10. The lowest BCUT2D eigenvalue weighted by molar-refractivity contribution is -0.113. The van der Waals surface area contributed by atoms with Crippen molar-refractivity contribution < 1.29 is 9.18 Å². The molecule has 3 rings (SSSR count). The summed E-state index contributed by atoms with van der Waals surface area (Å²) in [6.07, 6.45) is 2.93. The summed E-state index contributed by atoms with van der Waals surface area (Å²) in [6.45, 7) is 3.87. The molecule has 1 aromatic heterocycles. The summed E-state index contributed by atoms with van der Waals surface area (Å²) in [4.78, 5) is 28.9. The number of carbonyl (C=O) groups is 1. The highest BCUT2D eigenvalue weighted by atomic mass is 32.2. The van der Waals surface area contributed by atoms with Crippen LogP contribution in [0.3, 0.4) is 0 Å². The van der Waals surface area contributed by atoms with E-state index in [1.54, 1.807) is 6.07 Å². The zero-order valence-electron chi connectivity index (χ0n) is 14.9. The zero-order chi connectivity index (χ0) is 19.4. The van der Waals surface area contributed by atoms with Crippen LogP contribution in [0.5, 0.6) is 0 Å². The second-order valence-electron chi connectivity index (χ2n) is 6.04. The van der Waals surface area contributed by atoms with Gasteiger partial charge < -0.3 is 5.32 Å². The van der Waals surface area contributed by atoms with Gasteiger partial charge in [0.05, 0.1) is 11.4 Å². The molecule has 2 aromatic carbocycles. The van der Waals surface area contributed by atoms with Crippen molar-refractivity contribution in [2.24, 2.45) is 0 Å². The van der Waals surface area contributed by atoms with E-state index in [2.05, 4.69) is 10.3 Å². The van der Waals surface area contributed by atoms with Crippen molar-refractivity contribution in [2.45, 2.75) is 18.9 Å². The fraction of sp³-hybridized carbons (Fsp3) is 0.150. The van der Waals surface area contributed by atoms with Gasteiger partial charge in [-0.3, -0.25) is 14.2 Å². The molecule has 0 unspecified atom stereocenters. The van der Waals surface area contributed by atoms with E-state index in [0.29, 0.717) is 5.69 Å². The van der Waals surface area contributed by atoms with Crippen molar-refractivity contribution in [3.8, 4) is 5.69 Å². The molecule has 1 amide bonds. The largest absolute Gasteiger partial charge is 0.325 e. The number of halogens is 1. The van der Waals surface area contributed by atoms with Gasteiger partial charge in [-0.25, -0.2) is 9.37 Å². The Bertz CT molecular complexity index is 1050. The molecule has 0 aliphatic heterocycles. The van der Waals surface area contributed by atoms with Gasteiger partial charge in [-0.2, -0.15) is 0 Å². The Morgan fingerprint density at radius 2 is 2.04 bits per heavy atom. The van der Waals surface area contributed by atoms with Crippen molar-refractivity contribution in [3.63, 3.8) is 0 Å². The Kier molecular flexibility index (Phi) is 5.71. The first-order chi connectivity index (χ1) is 12.9. The number of amides is 1. The summed E-state index contributed by atoms with van der Waals surface area (Å²) < 4.78 is 14.7. The van der Waals surface area contributed by atoms with Gasteiger partial charge in [0.25, 0.3) is 5.56 Å². The molecule has 5 nitrogen and oxygen atoms in total. The Morgan fingerprint density at radius 3 is 2.81 bits per heavy atom. The van der Waals surface area contributed by atoms with Crippen LogP contribution in [0.4, 0.5) is 10.1 Å². The first kappa shape index (κ1) is 18.8. The molecular weight excluding hydrogens is 365 g/mol. The lowest BCUT2D eigenvalue weighted by atomic mass is 10.1. The van der Waals surface area contributed by atoms with Crippen LogP contribution in [0.25, 0.3) is 5.69 Å².